The summed E-state index contributed by atoms with van der Waals surface area (Å²) in [6, 6.07) is 46.1. The fourth-order valence-electron chi connectivity index (χ4n) is 6.56. The fraction of sp³-hybridized carbons (Fsp3) is 0.0769. The Hall–Kier alpha value is -5.28. The molecule has 3 heteroatoms. The molecular weight excluding hydrogens is 510 g/mol. The third-order valence-electron chi connectivity index (χ3n) is 8.53. The minimum absolute atomic E-state index is 1.10. The van der Waals surface area contributed by atoms with Gasteiger partial charge >= 0.3 is 0 Å². The lowest BCUT2D eigenvalue weighted by molar-refractivity contribution is 0.953. The maximum absolute atomic E-state index is 2.42. The second-order valence-corrected chi connectivity index (χ2v) is 11.0. The highest BCUT2D eigenvalue weighted by molar-refractivity contribution is 6.10. The molecule has 0 radical (unpaired) electrons. The van der Waals surface area contributed by atoms with Crippen LogP contribution in [-0.2, 0) is 7.05 Å². The minimum atomic E-state index is 1.10. The first kappa shape index (κ1) is 24.5. The highest BCUT2D eigenvalue weighted by atomic mass is 15.3. The number of hydrogen-bond donors (Lipinski definition) is 0. The van der Waals surface area contributed by atoms with Gasteiger partial charge < -0.3 is 9.13 Å². The van der Waals surface area contributed by atoms with Crippen molar-refractivity contribution >= 4 is 55.5 Å². The lowest BCUT2D eigenvalue weighted by atomic mass is 9.99. The summed E-state index contributed by atoms with van der Waals surface area (Å²) in [7, 11) is 2.20. The first-order chi connectivity index (χ1) is 20.8. The molecule has 202 valence electrons. The molecule has 0 atom stereocenters. The fourth-order valence-corrected chi connectivity index (χ4v) is 6.56. The molecule has 1 aliphatic rings. The molecule has 7 aromatic rings. The van der Waals surface area contributed by atoms with E-state index in [4.69, 9.17) is 0 Å². The lowest BCUT2D eigenvalue weighted by Crippen LogP contribution is -2.14. The molecule has 0 aliphatic heterocycles. The number of nitrogens with zero attached hydrogens (tertiary/aromatic N) is 3. The van der Waals surface area contributed by atoms with Gasteiger partial charge in [-0.1, -0.05) is 103 Å². The normalized spacial score (nSPS) is 13.2. The van der Waals surface area contributed by atoms with Gasteiger partial charge in [0, 0.05) is 35.3 Å². The average molecular weight is 542 g/mol. The van der Waals surface area contributed by atoms with E-state index in [0.29, 0.717) is 0 Å². The van der Waals surface area contributed by atoms with Crippen LogP contribution < -0.4 is 4.90 Å². The van der Waals surface area contributed by atoms with Crippen LogP contribution in [0.3, 0.4) is 0 Å². The van der Waals surface area contributed by atoms with E-state index in [2.05, 4.69) is 167 Å². The van der Waals surface area contributed by atoms with Gasteiger partial charge in [-0.25, -0.2) is 0 Å². The third kappa shape index (κ3) is 3.89. The summed E-state index contributed by atoms with van der Waals surface area (Å²) in [5, 5.41) is 3.70. The largest absolute Gasteiger partial charge is 0.328 e. The molecule has 0 fully saturated rings. The van der Waals surface area contributed by atoms with E-state index >= 15 is 0 Å². The van der Waals surface area contributed by atoms with Crippen molar-refractivity contribution in [2.24, 2.45) is 7.05 Å². The van der Waals surface area contributed by atoms with Crippen molar-refractivity contribution < 1.29 is 0 Å². The van der Waals surface area contributed by atoms with E-state index in [1.165, 1.54) is 43.8 Å². The first-order valence-corrected chi connectivity index (χ1v) is 14.7. The number of benzene rings is 5. The molecule has 0 saturated heterocycles. The number of aryl methyl sites for hydroxylation is 1. The van der Waals surface area contributed by atoms with Crippen molar-refractivity contribution in [2.75, 3.05) is 4.90 Å². The zero-order valence-electron chi connectivity index (χ0n) is 23.6. The molecule has 0 N–H and O–H groups in total. The Balaban J connectivity index is 1.39. The second kappa shape index (κ2) is 9.97. The third-order valence-corrected chi connectivity index (χ3v) is 8.53. The molecule has 2 heterocycles. The molecule has 8 rings (SSSR count). The highest BCUT2D eigenvalue weighted by Crippen LogP contribution is 2.43. The van der Waals surface area contributed by atoms with Crippen molar-refractivity contribution in [1.29, 1.82) is 0 Å². The van der Waals surface area contributed by atoms with E-state index in [1.54, 1.807) is 0 Å². The van der Waals surface area contributed by atoms with Crippen LogP contribution in [0.1, 0.15) is 18.4 Å². The predicted molar refractivity (Wildman–Crippen MR) is 178 cm³/mol. The summed E-state index contributed by atoms with van der Waals surface area (Å²) in [4.78, 5) is 2.42. The van der Waals surface area contributed by atoms with Gasteiger partial charge in [0.25, 0.3) is 0 Å². The summed E-state index contributed by atoms with van der Waals surface area (Å²) in [5.74, 6) is 1.12. The zero-order chi connectivity index (χ0) is 28.0. The van der Waals surface area contributed by atoms with Crippen LogP contribution in [0.4, 0.5) is 17.2 Å². The minimum Gasteiger partial charge on any atom is -0.328 e. The molecule has 5 aromatic carbocycles. The van der Waals surface area contributed by atoms with Gasteiger partial charge in [-0.15, -0.1) is 0 Å². The quantitative estimate of drug-likeness (QED) is 0.211. The summed E-state index contributed by atoms with van der Waals surface area (Å²) in [5.41, 5.74) is 9.65. The van der Waals surface area contributed by atoms with Crippen LogP contribution in [0.5, 0.6) is 0 Å². The topological polar surface area (TPSA) is 13.1 Å². The maximum Gasteiger partial charge on any atom is 0.120 e. The number of para-hydroxylation sites is 2. The van der Waals surface area contributed by atoms with E-state index in [9.17, 15) is 0 Å². The molecule has 2 aromatic heterocycles. The Morgan fingerprint density at radius 2 is 1.38 bits per heavy atom. The van der Waals surface area contributed by atoms with Gasteiger partial charge in [0.15, 0.2) is 0 Å². The van der Waals surface area contributed by atoms with E-state index in [-0.39, 0.29) is 0 Å². The van der Waals surface area contributed by atoms with Crippen LogP contribution in [0.2, 0.25) is 0 Å². The molecule has 3 nitrogen and oxygen atoms in total. The Labute approximate surface area is 245 Å². The zero-order valence-corrected chi connectivity index (χ0v) is 23.6. The van der Waals surface area contributed by atoms with Crippen molar-refractivity contribution in [3.63, 3.8) is 0 Å². The van der Waals surface area contributed by atoms with Crippen molar-refractivity contribution in [3.8, 4) is 5.69 Å². The summed E-state index contributed by atoms with van der Waals surface area (Å²) < 4.78 is 4.75. The molecular formula is C39H31N3. The summed E-state index contributed by atoms with van der Waals surface area (Å²) in [6.45, 7) is 0. The van der Waals surface area contributed by atoms with E-state index < -0.39 is 0 Å². The number of hydrogen-bond acceptors (Lipinski definition) is 1. The van der Waals surface area contributed by atoms with Crippen LogP contribution >= 0.6 is 0 Å². The van der Waals surface area contributed by atoms with Crippen LogP contribution in [-0.4, -0.2) is 9.13 Å². The van der Waals surface area contributed by atoms with Gasteiger partial charge in [0.2, 0.25) is 0 Å². The molecule has 0 spiro atoms. The molecule has 0 bridgehead atoms. The summed E-state index contributed by atoms with van der Waals surface area (Å²) >= 11 is 0. The van der Waals surface area contributed by atoms with Crippen molar-refractivity contribution in [2.45, 2.75) is 12.8 Å². The van der Waals surface area contributed by atoms with Gasteiger partial charge in [0.05, 0.1) is 22.2 Å². The van der Waals surface area contributed by atoms with Gasteiger partial charge in [-0.2, -0.15) is 0 Å². The van der Waals surface area contributed by atoms with Gasteiger partial charge in [-0.05, 0) is 65.8 Å². The Bertz CT molecular complexity index is 2130. The van der Waals surface area contributed by atoms with Crippen LogP contribution in [0, 0.1) is 0 Å². The monoisotopic (exact) mass is 541 g/mol. The smallest absolute Gasteiger partial charge is 0.120 e. The van der Waals surface area contributed by atoms with Crippen LogP contribution in [0.15, 0.2) is 146 Å². The van der Waals surface area contributed by atoms with E-state index in [0.717, 1.165) is 35.7 Å². The Kier molecular flexibility index (Phi) is 5.82. The van der Waals surface area contributed by atoms with Gasteiger partial charge in [0.1, 0.15) is 5.82 Å². The van der Waals surface area contributed by atoms with E-state index in [1.807, 2.05) is 0 Å². The number of fused-ring (bicyclic) bond motifs is 4. The number of anilines is 3. The Morgan fingerprint density at radius 1 is 0.643 bits per heavy atom. The molecule has 0 amide bonds. The molecule has 1 aliphatic carbocycles. The standard InChI is InChI=1S/C39H31N3/c1-40-38(27-37-39(40)34-20-10-11-21-36(34)41(37)31-17-6-3-7-18-31)42(35-22-12-16-30-15-8-9-19-33(30)35)32-25-23-29(24-26-32)28-13-4-2-5-14-28/h3-4,6-27H,2,5H2,1H3. The second-order valence-electron chi connectivity index (χ2n) is 11.0. The first-order valence-electron chi connectivity index (χ1n) is 14.7. The number of rotatable bonds is 5. The van der Waals surface area contributed by atoms with Crippen molar-refractivity contribution in [3.05, 3.63) is 151 Å². The number of aromatic nitrogens is 2. The Morgan fingerprint density at radius 3 is 2.19 bits per heavy atom. The molecule has 42 heavy (non-hydrogen) atoms. The molecule has 0 unspecified atom stereocenters. The molecule has 0 saturated carbocycles. The number of allylic oxidation sites excluding steroid dienone is 4. The van der Waals surface area contributed by atoms with Crippen molar-refractivity contribution in [1.82, 2.24) is 9.13 Å². The lowest BCUT2D eigenvalue weighted by Gasteiger charge is -2.27. The maximum atomic E-state index is 2.42. The highest BCUT2D eigenvalue weighted by Gasteiger charge is 2.23. The van der Waals surface area contributed by atoms with Crippen LogP contribution in [0.25, 0.3) is 44.0 Å². The summed E-state index contributed by atoms with van der Waals surface area (Å²) in [6.07, 6.45) is 9.09. The van der Waals surface area contributed by atoms with Gasteiger partial charge in [-0.3, -0.25) is 4.90 Å². The average Bonchev–Trinajstić information content (AvgIpc) is 3.56. The SMILES string of the molecule is Cn1c(N(c2ccc(C3=CCCC=C3)cc2)c2cccc3ccccc23)cc2c1c1ccccc1n2-c1ccccc1. The predicted octanol–water partition coefficient (Wildman–Crippen LogP) is 10.5.